The van der Waals surface area contributed by atoms with Crippen molar-refractivity contribution in [2.45, 2.75) is 33.1 Å². The Hall–Kier alpha value is -0.890. The van der Waals surface area contributed by atoms with Gasteiger partial charge in [0.05, 0.1) is 19.8 Å². The van der Waals surface area contributed by atoms with Gasteiger partial charge in [-0.1, -0.05) is 32.9 Å². The van der Waals surface area contributed by atoms with Crippen LogP contribution in [0.15, 0.2) is 29.3 Å². The minimum atomic E-state index is -0.228. The minimum Gasteiger partial charge on any atom is -0.380 e. The van der Waals surface area contributed by atoms with Gasteiger partial charge in [0.25, 0.3) is 0 Å². The number of hydrogen-bond donors (Lipinski definition) is 2. The fraction of sp³-hybridized carbons (Fsp3) is 0.611. The lowest BCUT2D eigenvalue weighted by atomic mass is 9.85. The van der Waals surface area contributed by atoms with Crippen molar-refractivity contribution in [3.05, 3.63) is 35.6 Å². The summed E-state index contributed by atoms with van der Waals surface area (Å²) in [5.74, 6) is 0.590. The maximum atomic E-state index is 13.4. The maximum absolute atomic E-state index is 13.4. The van der Waals surface area contributed by atoms with E-state index in [0.29, 0.717) is 6.54 Å². The number of nitrogens with zero attached hydrogens (tertiary/aromatic N) is 1. The zero-order valence-electron chi connectivity index (χ0n) is 15.0. The molecule has 1 aliphatic heterocycles. The van der Waals surface area contributed by atoms with E-state index in [9.17, 15) is 4.39 Å². The highest BCUT2D eigenvalue weighted by Gasteiger charge is 2.33. The van der Waals surface area contributed by atoms with Crippen molar-refractivity contribution < 1.29 is 9.13 Å². The second-order valence-electron chi connectivity index (χ2n) is 7.25. The van der Waals surface area contributed by atoms with Crippen LogP contribution in [0.25, 0.3) is 0 Å². The summed E-state index contributed by atoms with van der Waals surface area (Å²) in [4.78, 5) is 4.68. The summed E-state index contributed by atoms with van der Waals surface area (Å²) < 4.78 is 18.7. The van der Waals surface area contributed by atoms with E-state index in [-0.39, 0.29) is 40.6 Å². The van der Waals surface area contributed by atoms with Crippen LogP contribution >= 0.6 is 24.0 Å². The molecule has 0 bridgehead atoms. The van der Waals surface area contributed by atoms with Gasteiger partial charge in [0.1, 0.15) is 5.82 Å². The second-order valence-corrected chi connectivity index (χ2v) is 7.25. The lowest BCUT2D eigenvalue weighted by Crippen LogP contribution is -2.51. The predicted molar refractivity (Wildman–Crippen MR) is 108 cm³/mol. The summed E-state index contributed by atoms with van der Waals surface area (Å²) in [5, 5.41) is 6.65. The molecule has 0 amide bonds. The molecule has 6 heteroatoms. The summed E-state index contributed by atoms with van der Waals surface area (Å²) in [6.45, 7) is 12.2. The monoisotopic (exact) mass is 449 g/mol. The number of benzene rings is 1. The number of guanidine groups is 1. The van der Waals surface area contributed by atoms with Gasteiger partial charge in [-0.05, 0) is 24.6 Å². The van der Waals surface area contributed by atoms with Gasteiger partial charge in [-0.15, -0.1) is 24.0 Å². The number of rotatable bonds is 6. The molecule has 1 aliphatic rings. The lowest BCUT2D eigenvalue weighted by Gasteiger charge is -2.38. The Morgan fingerprint density at radius 3 is 2.58 bits per heavy atom. The molecule has 4 nitrogen and oxygen atoms in total. The Labute approximate surface area is 161 Å². The molecular weight excluding hydrogens is 420 g/mol. The molecule has 24 heavy (non-hydrogen) atoms. The summed E-state index contributed by atoms with van der Waals surface area (Å²) >= 11 is 0. The molecule has 0 radical (unpaired) electrons. The van der Waals surface area contributed by atoms with Gasteiger partial charge in [-0.3, -0.25) is 4.99 Å². The van der Waals surface area contributed by atoms with Crippen molar-refractivity contribution in [1.82, 2.24) is 10.6 Å². The summed E-state index contributed by atoms with van der Waals surface area (Å²) in [5.41, 5.74) is 0.916. The van der Waals surface area contributed by atoms with E-state index in [1.807, 2.05) is 13.0 Å². The van der Waals surface area contributed by atoms with E-state index >= 15 is 0 Å². The second kappa shape index (κ2) is 8.99. The standard InChI is InChI=1S/C18H28FN3O.HI/c1-5-20-16(22-11-18(4)12-23-13-18)21-10-17(2,3)14-7-6-8-15(19)9-14;/h6-9H,5,10-13H2,1-4H3,(H2,20,21,22);1H. The average Bonchev–Trinajstić information content (AvgIpc) is 2.48. The van der Waals surface area contributed by atoms with Crippen molar-refractivity contribution in [2.75, 3.05) is 32.8 Å². The Bertz CT molecular complexity index is 559. The van der Waals surface area contributed by atoms with Crippen molar-refractivity contribution >= 4 is 29.9 Å². The molecule has 0 aromatic heterocycles. The van der Waals surface area contributed by atoms with Crippen molar-refractivity contribution in [1.29, 1.82) is 0 Å². The molecule has 0 unspecified atom stereocenters. The summed E-state index contributed by atoms with van der Waals surface area (Å²) in [7, 11) is 0. The van der Waals surface area contributed by atoms with Crippen LogP contribution in [0.5, 0.6) is 0 Å². The highest BCUT2D eigenvalue weighted by Crippen LogP contribution is 2.25. The van der Waals surface area contributed by atoms with Gasteiger partial charge in [0.15, 0.2) is 5.96 Å². The van der Waals surface area contributed by atoms with Gasteiger partial charge in [0.2, 0.25) is 0 Å². The quantitative estimate of drug-likeness (QED) is 0.398. The first-order valence-corrected chi connectivity index (χ1v) is 8.21. The zero-order chi connectivity index (χ0) is 16.9. The van der Waals surface area contributed by atoms with Gasteiger partial charge < -0.3 is 15.4 Å². The number of nitrogens with one attached hydrogen (secondary N) is 2. The van der Waals surface area contributed by atoms with Gasteiger partial charge in [-0.25, -0.2) is 4.39 Å². The number of aliphatic imine (C=N–C) groups is 1. The van der Waals surface area contributed by atoms with Crippen molar-refractivity contribution in [3.63, 3.8) is 0 Å². The normalized spacial score (nSPS) is 16.8. The molecule has 0 aliphatic carbocycles. The topological polar surface area (TPSA) is 45.7 Å². The van der Waals surface area contributed by atoms with Crippen LogP contribution in [0.1, 0.15) is 33.3 Å². The molecule has 1 aromatic carbocycles. The molecule has 1 saturated heterocycles. The first kappa shape index (κ1) is 21.2. The van der Waals surface area contributed by atoms with Gasteiger partial charge in [-0.2, -0.15) is 0 Å². The molecule has 136 valence electrons. The Kier molecular flexibility index (Phi) is 7.92. The molecule has 0 atom stereocenters. The molecule has 2 rings (SSSR count). The Balaban J connectivity index is 0.00000288. The Morgan fingerprint density at radius 2 is 2.04 bits per heavy atom. The SMILES string of the molecule is CCNC(=NCC(C)(C)c1cccc(F)c1)NCC1(C)COC1.I. The van der Waals surface area contributed by atoms with E-state index in [0.717, 1.165) is 37.8 Å². The van der Waals surface area contributed by atoms with E-state index in [2.05, 4.69) is 36.4 Å². The zero-order valence-corrected chi connectivity index (χ0v) is 17.3. The van der Waals surface area contributed by atoms with Crippen molar-refractivity contribution in [2.24, 2.45) is 10.4 Å². The van der Waals surface area contributed by atoms with Crippen LogP contribution in [-0.4, -0.2) is 38.8 Å². The van der Waals surface area contributed by atoms with Crippen molar-refractivity contribution in [3.8, 4) is 0 Å². The third kappa shape index (κ3) is 5.88. The third-order valence-corrected chi connectivity index (χ3v) is 4.17. The van der Waals surface area contributed by atoms with E-state index < -0.39 is 0 Å². The fourth-order valence-electron chi connectivity index (χ4n) is 2.47. The lowest BCUT2D eigenvalue weighted by molar-refractivity contribution is -0.0971. The summed E-state index contributed by atoms with van der Waals surface area (Å²) in [6, 6.07) is 6.75. The molecular formula is C18H29FIN3O. The van der Waals surface area contributed by atoms with Gasteiger partial charge in [0, 0.05) is 23.9 Å². The summed E-state index contributed by atoms with van der Waals surface area (Å²) in [6.07, 6.45) is 0. The molecule has 1 aromatic rings. The first-order valence-electron chi connectivity index (χ1n) is 8.21. The van der Waals surface area contributed by atoms with E-state index in [4.69, 9.17) is 4.74 Å². The van der Waals surface area contributed by atoms with Crippen LogP contribution in [0, 0.1) is 11.2 Å². The first-order chi connectivity index (χ1) is 10.8. The third-order valence-electron chi connectivity index (χ3n) is 4.17. The molecule has 1 heterocycles. The van der Waals surface area contributed by atoms with Crippen LogP contribution in [0.4, 0.5) is 4.39 Å². The fourth-order valence-corrected chi connectivity index (χ4v) is 2.47. The van der Waals surface area contributed by atoms with Gasteiger partial charge >= 0.3 is 0 Å². The number of ether oxygens (including phenoxy) is 1. The molecule has 0 saturated carbocycles. The largest absolute Gasteiger partial charge is 0.380 e. The molecule has 0 spiro atoms. The minimum absolute atomic E-state index is 0. The average molecular weight is 449 g/mol. The maximum Gasteiger partial charge on any atom is 0.191 e. The highest BCUT2D eigenvalue weighted by molar-refractivity contribution is 14.0. The number of hydrogen-bond acceptors (Lipinski definition) is 2. The molecule has 1 fully saturated rings. The smallest absolute Gasteiger partial charge is 0.191 e. The molecule has 2 N–H and O–H groups in total. The number of halogens is 2. The van der Waals surface area contributed by atoms with Crippen LogP contribution < -0.4 is 10.6 Å². The Morgan fingerprint density at radius 1 is 1.33 bits per heavy atom. The predicted octanol–water partition coefficient (Wildman–Crippen LogP) is 3.31. The van der Waals surface area contributed by atoms with E-state index in [1.54, 1.807) is 12.1 Å². The van der Waals surface area contributed by atoms with Crippen LogP contribution in [-0.2, 0) is 10.2 Å². The van der Waals surface area contributed by atoms with E-state index in [1.165, 1.54) is 6.07 Å². The highest BCUT2D eigenvalue weighted by atomic mass is 127. The van der Waals surface area contributed by atoms with Crippen LogP contribution in [0.2, 0.25) is 0 Å². The van der Waals surface area contributed by atoms with Crippen LogP contribution in [0.3, 0.4) is 0 Å².